The zero-order valence-corrected chi connectivity index (χ0v) is 10.4. The number of nitrogens with two attached hydrogens (primary N) is 1. The Morgan fingerprint density at radius 2 is 2.00 bits per heavy atom. The van der Waals surface area contributed by atoms with Crippen LogP contribution in [0.1, 0.15) is 30.6 Å². The first-order valence-electron chi connectivity index (χ1n) is 5.88. The molecule has 0 aliphatic carbocycles. The molecule has 0 atom stereocenters. The van der Waals surface area contributed by atoms with E-state index < -0.39 is 0 Å². The molecule has 1 rings (SSSR count). The Bertz CT molecular complexity index is 347. The third kappa shape index (κ3) is 4.87. The van der Waals surface area contributed by atoms with Crippen LogP contribution in [0.3, 0.4) is 0 Å². The van der Waals surface area contributed by atoms with Crippen molar-refractivity contribution in [3.8, 4) is 5.75 Å². The Labute approximate surface area is 102 Å². The lowest BCUT2D eigenvalue weighted by atomic mass is 10.2. The number of carbonyl (C=O) groups excluding carboxylic acids is 1. The molecule has 1 aromatic carbocycles. The summed E-state index contributed by atoms with van der Waals surface area (Å²) in [7, 11) is 0. The molecule has 4 nitrogen and oxygen atoms in total. The summed E-state index contributed by atoms with van der Waals surface area (Å²) in [4.78, 5) is 11.7. The molecule has 0 aliphatic rings. The maximum atomic E-state index is 11.7. The van der Waals surface area contributed by atoms with Crippen LogP contribution in [-0.2, 0) is 0 Å². The fourth-order valence-corrected chi connectivity index (χ4v) is 1.36. The number of hydrogen-bond donors (Lipinski definition) is 2. The molecule has 0 aromatic heterocycles. The van der Waals surface area contributed by atoms with Crippen LogP contribution in [0.5, 0.6) is 5.75 Å². The van der Waals surface area contributed by atoms with Gasteiger partial charge in [-0.05, 0) is 51.1 Å². The number of nitrogens with one attached hydrogen (secondary N) is 1. The van der Waals surface area contributed by atoms with E-state index in [-0.39, 0.29) is 12.0 Å². The van der Waals surface area contributed by atoms with Crippen LogP contribution in [-0.4, -0.2) is 25.1 Å². The Morgan fingerprint density at radius 1 is 1.35 bits per heavy atom. The van der Waals surface area contributed by atoms with Crippen molar-refractivity contribution in [2.75, 3.05) is 13.1 Å². The quantitative estimate of drug-likeness (QED) is 0.737. The van der Waals surface area contributed by atoms with E-state index in [2.05, 4.69) is 5.32 Å². The summed E-state index contributed by atoms with van der Waals surface area (Å²) >= 11 is 0. The van der Waals surface area contributed by atoms with Gasteiger partial charge in [-0.15, -0.1) is 0 Å². The topological polar surface area (TPSA) is 64.3 Å². The Hall–Kier alpha value is -1.55. The first-order valence-corrected chi connectivity index (χ1v) is 5.88. The molecule has 0 radical (unpaired) electrons. The number of benzene rings is 1. The molecular formula is C13H20N2O2. The third-order valence-corrected chi connectivity index (χ3v) is 2.15. The monoisotopic (exact) mass is 236 g/mol. The van der Waals surface area contributed by atoms with E-state index in [9.17, 15) is 4.79 Å². The molecule has 0 unspecified atom stereocenters. The van der Waals surface area contributed by atoms with Gasteiger partial charge in [0.15, 0.2) is 0 Å². The zero-order chi connectivity index (χ0) is 12.7. The van der Waals surface area contributed by atoms with Crippen molar-refractivity contribution in [3.05, 3.63) is 29.8 Å². The number of ether oxygens (including phenoxy) is 1. The fourth-order valence-electron chi connectivity index (χ4n) is 1.36. The van der Waals surface area contributed by atoms with Crippen LogP contribution in [0.25, 0.3) is 0 Å². The van der Waals surface area contributed by atoms with Gasteiger partial charge in [0, 0.05) is 12.1 Å². The normalized spacial score (nSPS) is 10.4. The van der Waals surface area contributed by atoms with Crippen molar-refractivity contribution < 1.29 is 9.53 Å². The minimum atomic E-state index is -0.0745. The van der Waals surface area contributed by atoms with Crippen molar-refractivity contribution in [1.82, 2.24) is 5.32 Å². The van der Waals surface area contributed by atoms with Crippen LogP contribution in [0.4, 0.5) is 0 Å². The lowest BCUT2D eigenvalue weighted by Crippen LogP contribution is -2.25. The molecular weight excluding hydrogens is 216 g/mol. The molecule has 0 fully saturated rings. The minimum absolute atomic E-state index is 0.0745. The molecule has 0 heterocycles. The van der Waals surface area contributed by atoms with E-state index in [4.69, 9.17) is 10.5 Å². The molecule has 0 saturated carbocycles. The summed E-state index contributed by atoms with van der Waals surface area (Å²) < 4.78 is 5.50. The van der Waals surface area contributed by atoms with Gasteiger partial charge in [-0.1, -0.05) is 0 Å². The fraction of sp³-hybridized carbons (Fsp3) is 0.462. The summed E-state index contributed by atoms with van der Waals surface area (Å²) in [5.41, 5.74) is 5.99. The van der Waals surface area contributed by atoms with Gasteiger partial charge in [-0.2, -0.15) is 0 Å². The van der Waals surface area contributed by atoms with Crippen LogP contribution < -0.4 is 15.8 Å². The molecule has 0 bridgehead atoms. The van der Waals surface area contributed by atoms with Gasteiger partial charge in [-0.3, -0.25) is 4.79 Å². The number of hydrogen-bond acceptors (Lipinski definition) is 3. The first kappa shape index (κ1) is 13.5. The average molecular weight is 236 g/mol. The summed E-state index contributed by atoms with van der Waals surface area (Å²) in [6.45, 7) is 5.13. The van der Waals surface area contributed by atoms with Crippen molar-refractivity contribution in [2.45, 2.75) is 26.4 Å². The van der Waals surface area contributed by atoms with Gasteiger partial charge in [0.25, 0.3) is 5.91 Å². The molecule has 0 spiro atoms. The largest absolute Gasteiger partial charge is 0.491 e. The number of carbonyl (C=O) groups is 1. The molecule has 0 saturated heterocycles. The minimum Gasteiger partial charge on any atom is -0.491 e. The van der Waals surface area contributed by atoms with Gasteiger partial charge in [-0.25, -0.2) is 0 Å². The molecule has 4 heteroatoms. The van der Waals surface area contributed by atoms with E-state index in [1.807, 2.05) is 13.8 Å². The standard InChI is InChI=1S/C13H20N2O2/c1-10(2)17-12-6-4-11(5-7-12)13(16)15-9-3-8-14/h4-7,10H,3,8-9,14H2,1-2H3,(H,15,16). The van der Waals surface area contributed by atoms with E-state index in [0.717, 1.165) is 12.2 Å². The van der Waals surface area contributed by atoms with Gasteiger partial charge in [0.05, 0.1) is 6.10 Å². The van der Waals surface area contributed by atoms with Gasteiger partial charge in [0.2, 0.25) is 0 Å². The van der Waals surface area contributed by atoms with Crippen LogP contribution in [0.15, 0.2) is 24.3 Å². The summed E-state index contributed by atoms with van der Waals surface area (Å²) in [5, 5.41) is 2.80. The predicted octanol–water partition coefficient (Wildman–Crippen LogP) is 1.55. The second-order valence-electron chi connectivity index (χ2n) is 4.09. The molecule has 0 aliphatic heterocycles. The number of rotatable bonds is 6. The molecule has 94 valence electrons. The SMILES string of the molecule is CC(C)Oc1ccc(C(=O)NCCCN)cc1. The van der Waals surface area contributed by atoms with Crippen molar-refractivity contribution in [3.63, 3.8) is 0 Å². The molecule has 17 heavy (non-hydrogen) atoms. The molecule has 3 N–H and O–H groups in total. The highest BCUT2D eigenvalue weighted by Gasteiger charge is 2.05. The predicted molar refractivity (Wildman–Crippen MR) is 68.2 cm³/mol. The highest BCUT2D eigenvalue weighted by atomic mass is 16.5. The zero-order valence-electron chi connectivity index (χ0n) is 10.4. The second-order valence-corrected chi connectivity index (χ2v) is 4.09. The van der Waals surface area contributed by atoms with Crippen LogP contribution in [0.2, 0.25) is 0 Å². The van der Waals surface area contributed by atoms with Crippen molar-refractivity contribution >= 4 is 5.91 Å². The number of amides is 1. The lowest BCUT2D eigenvalue weighted by molar-refractivity contribution is 0.0953. The van der Waals surface area contributed by atoms with Gasteiger partial charge < -0.3 is 15.8 Å². The summed E-state index contributed by atoms with van der Waals surface area (Å²) in [5.74, 6) is 0.702. The van der Waals surface area contributed by atoms with Crippen LogP contribution >= 0.6 is 0 Å². The van der Waals surface area contributed by atoms with Gasteiger partial charge >= 0.3 is 0 Å². The highest BCUT2D eigenvalue weighted by Crippen LogP contribution is 2.13. The third-order valence-electron chi connectivity index (χ3n) is 2.15. The molecule has 1 amide bonds. The average Bonchev–Trinajstić information content (AvgIpc) is 2.29. The lowest BCUT2D eigenvalue weighted by Gasteiger charge is -2.10. The highest BCUT2D eigenvalue weighted by molar-refractivity contribution is 5.94. The van der Waals surface area contributed by atoms with Crippen LogP contribution in [0, 0.1) is 0 Å². The maximum absolute atomic E-state index is 11.7. The second kappa shape index (κ2) is 6.91. The maximum Gasteiger partial charge on any atom is 0.251 e. The van der Waals surface area contributed by atoms with E-state index >= 15 is 0 Å². The Kier molecular flexibility index (Phi) is 5.49. The summed E-state index contributed by atoms with van der Waals surface area (Å²) in [6, 6.07) is 7.13. The van der Waals surface area contributed by atoms with Crippen molar-refractivity contribution in [1.29, 1.82) is 0 Å². The van der Waals surface area contributed by atoms with E-state index in [1.165, 1.54) is 0 Å². The van der Waals surface area contributed by atoms with Gasteiger partial charge in [0.1, 0.15) is 5.75 Å². The summed E-state index contributed by atoms with van der Waals surface area (Å²) in [6.07, 6.45) is 0.930. The Morgan fingerprint density at radius 3 is 2.53 bits per heavy atom. The van der Waals surface area contributed by atoms with E-state index in [0.29, 0.717) is 18.7 Å². The smallest absolute Gasteiger partial charge is 0.251 e. The molecule has 1 aromatic rings. The first-order chi connectivity index (χ1) is 8.13. The Balaban J connectivity index is 2.52. The van der Waals surface area contributed by atoms with E-state index in [1.54, 1.807) is 24.3 Å². The van der Waals surface area contributed by atoms with Crippen molar-refractivity contribution in [2.24, 2.45) is 5.73 Å².